The molecule has 0 amide bonds. The first-order valence-corrected chi connectivity index (χ1v) is 6.14. The van der Waals surface area contributed by atoms with Crippen LogP contribution in [0, 0.1) is 5.92 Å². The van der Waals surface area contributed by atoms with Crippen LogP contribution in [-0.2, 0) is 0 Å². The van der Waals surface area contributed by atoms with Crippen molar-refractivity contribution in [3.05, 3.63) is 35.5 Å². The van der Waals surface area contributed by atoms with Gasteiger partial charge in [0.2, 0.25) is 0 Å². The Hall–Kier alpha value is -0.780. The van der Waals surface area contributed by atoms with Crippen molar-refractivity contribution in [2.45, 2.75) is 53.9 Å². The maximum atomic E-state index is 2.31. The van der Waals surface area contributed by atoms with E-state index in [9.17, 15) is 0 Å². The number of allylic oxidation sites excluding steroid dienone is 6. The van der Waals surface area contributed by atoms with E-state index in [0.29, 0.717) is 5.92 Å². The van der Waals surface area contributed by atoms with Gasteiger partial charge in [0.05, 0.1) is 0 Å². The number of rotatable bonds is 6. The van der Waals surface area contributed by atoms with Gasteiger partial charge in [-0.1, -0.05) is 56.2 Å². The molecule has 0 aromatic heterocycles. The molecule has 0 heteroatoms. The van der Waals surface area contributed by atoms with Crippen LogP contribution in [0.1, 0.15) is 53.9 Å². The van der Waals surface area contributed by atoms with Crippen LogP contribution in [0.4, 0.5) is 0 Å². The van der Waals surface area contributed by atoms with Gasteiger partial charge in [0.15, 0.2) is 0 Å². The van der Waals surface area contributed by atoms with Crippen LogP contribution in [0.3, 0.4) is 0 Å². The standard InChI is InChI=1S/C15H26/c1-6-10-13(4)11-9-12-14(5)15(7-2)8-3/h7,9-11,14H,6,8,12H2,1-5H3/b11-9-,13-10-,15-7+. The highest BCUT2D eigenvalue weighted by Crippen LogP contribution is 2.18. The van der Waals surface area contributed by atoms with Crippen LogP contribution in [0.2, 0.25) is 0 Å². The molecule has 0 radical (unpaired) electrons. The molecule has 0 bridgehead atoms. The van der Waals surface area contributed by atoms with Gasteiger partial charge >= 0.3 is 0 Å². The van der Waals surface area contributed by atoms with E-state index in [-0.39, 0.29) is 0 Å². The summed E-state index contributed by atoms with van der Waals surface area (Å²) in [5.74, 6) is 0.686. The monoisotopic (exact) mass is 206 g/mol. The van der Waals surface area contributed by atoms with Gasteiger partial charge in [0, 0.05) is 0 Å². The predicted molar refractivity (Wildman–Crippen MR) is 71.0 cm³/mol. The summed E-state index contributed by atoms with van der Waals surface area (Å²) in [7, 11) is 0. The molecule has 0 saturated heterocycles. The minimum atomic E-state index is 0.686. The summed E-state index contributed by atoms with van der Waals surface area (Å²) in [6, 6.07) is 0. The summed E-state index contributed by atoms with van der Waals surface area (Å²) >= 11 is 0. The van der Waals surface area contributed by atoms with Crippen molar-refractivity contribution in [2.75, 3.05) is 0 Å². The topological polar surface area (TPSA) is 0 Å². The maximum absolute atomic E-state index is 2.31. The average Bonchev–Trinajstić information content (AvgIpc) is 2.20. The summed E-state index contributed by atoms with van der Waals surface area (Å²) in [4.78, 5) is 0. The largest absolute Gasteiger partial charge is 0.0882 e. The molecular formula is C15H26. The van der Waals surface area contributed by atoms with E-state index in [1.165, 1.54) is 12.0 Å². The molecule has 0 nitrogen and oxygen atoms in total. The molecule has 1 atom stereocenters. The Labute approximate surface area is 95.8 Å². The minimum Gasteiger partial charge on any atom is -0.0882 e. The molecule has 0 spiro atoms. The zero-order valence-electron chi connectivity index (χ0n) is 11.0. The Morgan fingerprint density at radius 1 is 1.27 bits per heavy atom. The molecule has 0 rings (SSSR count). The molecule has 0 aromatic carbocycles. The molecule has 0 aliphatic rings. The van der Waals surface area contributed by atoms with Gasteiger partial charge in [-0.25, -0.2) is 0 Å². The third-order valence-electron chi connectivity index (χ3n) is 2.81. The zero-order valence-corrected chi connectivity index (χ0v) is 11.0. The number of hydrogen-bond acceptors (Lipinski definition) is 0. The predicted octanol–water partition coefficient (Wildman–Crippen LogP) is 5.28. The zero-order chi connectivity index (χ0) is 11.7. The van der Waals surface area contributed by atoms with Crippen LogP contribution in [0.25, 0.3) is 0 Å². The molecule has 0 saturated carbocycles. The summed E-state index contributed by atoms with van der Waals surface area (Å²) in [5.41, 5.74) is 2.94. The first-order valence-electron chi connectivity index (χ1n) is 6.14. The molecule has 0 aromatic rings. The summed E-state index contributed by atoms with van der Waals surface area (Å²) in [5, 5.41) is 0. The van der Waals surface area contributed by atoms with E-state index in [4.69, 9.17) is 0 Å². The molecule has 86 valence electrons. The van der Waals surface area contributed by atoms with Gasteiger partial charge < -0.3 is 0 Å². The van der Waals surface area contributed by atoms with Gasteiger partial charge in [-0.3, -0.25) is 0 Å². The third kappa shape index (κ3) is 6.33. The van der Waals surface area contributed by atoms with Gasteiger partial charge in [-0.2, -0.15) is 0 Å². The van der Waals surface area contributed by atoms with Crippen LogP contribution in [0.15, 0.2) is 35.5 Å². The fourth-order valence-corrected chi connectivity index (χ4v) is 1.84. The lowest BCUT2D eigenvalue weighted by molar-refractivity contribution is 0.666. The van der Waals surface area contributed by atoms with Crippen molar-refractivity contribution < 1.29 is 0 Å². The first kappa shape index (κ1) is 14.2. The lowest BCUT2D eigenvalue weighted by Crippen LogP contribution is -1.96. The molecule has 0 heterocycles. The molecule has 15 heavy (non-hydrogen) atoms. The van der Waals surface area contributed by atoms with Crippen LogP contribution in [0.5, 0.6) is 0 Å². The molecule has 0 N–H and O–H groups in total. The fourth-order valence-electron chi connectivity index (χ4n) is 1.84. The Morgan fingerprint density at radius 3 is 2.40 bits per heavy atom. The lowest BCUT2D eigenvalue weighted by Gasteiger charge is -2.11. The quantitative estimate of drug-likeness (QED) is 0.409. The van der Waals surface area contributed by atoms with E-state index in [1.807, 2.05) is 0 Å². The summed E-state index contributed by atoms with van der Waals surface area (Å²) < 4.78 is 0. The van der Waals surface area contributed by atoms with Crippen molar-refractivity contribution in [1.82, 2.24) is 0 Å². The average molecular weight is 206 g/mol. The van der Waals surface area contributed by atoms with Crippen LogP contribution in [-0.4, -0.2) is 0 Å². The maximum Gasteiger partial charge on any atom is -0.0197 e. The Balaban J connectivity index is 4.10. The highest BCUT2D eigenvalue weighted by Gasteiger charge is 2.02. The first-order chi connectivity index (χ1) is 7.15. The Bertz CT molecular complexity index is 241. The molecule has 1 unspecified atom stereocenters. The van der Waals surface area contributed by atoms with Gasteiger partial charge in [0.1, 0.15) is 0 Å². The molecule has 0 aliphatic carbocycles. The van der Waals surface area contributed by atoms with Crippen LogP contribution >= 0.6 is 0 Å². The lowest BCUT2D eigenvalue weighted by atomic mass is 9.95. The minimum absolute atomic E-state index is 0.686. The van der Waals surface area contributed by atoms with Crippen molar-refractivity contribution in [2.24, 2.45) is 5.92 Å². The van der Waals surface area contributed by atoms with Crippen molar-refractivity contribution in [3.8, 4) is 0 Å². The van der Waals surface area contributed by atoms with Gasteiger partial charge in [0.25, 0.3) is 0 Å². The van der Waals surface area contributed by atoms with Crippen molar-refractivity contribution in [1.29, 1.82) is 0 Å². The van der Waals surface area contributed by atoms with E-state index < -0.39 is 0 Å². The number of hydrogen-bond donors (Lipinski definition) is 0. The second-order valence-corrected chi connectivity index (χ2v) is 4.11. The highest BCUT2D eigenvalue weighted by molar-refractivity contribution is 5.16. The Kier molecular flexibility index (Phi) is 8.08. The molecule has 0 fully saturated rings. The van der Waals surface area contributed by atoms with Gasteiger partial charge in [-0.15, -0.1) is 0 Å². The normalized spacial score (nSPS) is 16.1. The third-order valence-corrected chi connectivity index (χ3v) is 2.81. The summed E-state index contributed by atoms with van der Waals surface area (Å²) in [6.45, 7) is 11.0. The van der Waals surface area contributed by atoms with E-state index in [0.717, 1.165) is 12.8 Å². The molecule has 0 aliphatic heterocycles. The Morgan fingerprint density at radius 2 is 1.93 bits per heavy atom. The smallest absolute Gasteiger partial charge is 0.0197 e. The second kappa shape index (κ2) is 8.52. The SMILES string of the molecule is C/C=C(\CC)C(C)C/C=C\C(C)=C/CC. The van der Waals surface area contributed by atoms with Gasteiger partial charge in [-0.05, 0) is 39.0 Å². The van der Waals surface area contributed by atoms with E-state index >= 15 is 0 Å². The van der Waals surface area contributed by atoms with E-state index in [2.05, 4.69) is 58.9 Å². The molecular weight excluding hydrogens is 180 g/mol. The fraction of sp³-hybridized carbons (Fsp3) is 0.600. The second-order valence-electron chi connectivity index (χ2n) is 4.11. The highest BCUT2D eigenvalue weighted by atomic mass is 14.1. The van der Waals surface area contributed by atoms with Crippen molar-refractivity contribution in [3.63, 3.8) is 0 Å². The van der Waals surface area contributed by atoms with Crippen molar-refractivity contribution >= 4 is 0 Å². The van der Waals surface area contributed by atoms with E-state index in [1.54, 1.807) is 5.57 Å². The van der Waals surface area contributed by atoms with Crippen LogP contribution < -0.4 is 0 Å². The summed E-state index contributed by atoms with van der Waals surface area (Å²) in [6.07, 6.45) is 12.5.